The smallest absolute Gasteiger partial charge is 0.418 e. The fourth-order valence-corrected chi connectivity index (χ4v) is 4.29. The third kappa shape index (κ3) is 6.72. The number of benzene rings is 1. The van der Waals surface area contributed by atoms with Crippen LogP contribution >= 0.6 is 11.3 Å². The number of anilines is 1. The van der Waals surface area contributed by atoms with Crippen molar-refractivity contribution in [3.8, 4) is 11.5 Å². The number of β-lactam (4-membered cyclic amide) rings is 1. The number of aliphatic carboxylic acids is 1. The van der Waals surface area contributed by atoms with E-state index in [1.165, 1.54) is 31.4 Å². The molecule has 216 valence electrons. The number of oxime groups is 1. The van der Waals surface area contributed by atoms with Gasteiger partial charge in [-0.3, -0.25) is 19.6 Å². The lowest BCUT2D eigenvalue weighted by Crippen LogP contribution is -2.76. The van der Waals surface area contributed by atoms with Crippen LogP contribution < -0.4 is 21.5 Å². The Bertz CT molecular complexity index is 1490. The Morgan fingerprint density at radius 3 is 2.55 bits per heavy atom. The maximum absolute atomic E-state index is 13.1. The number of aromatic hydroxyl groups is 1. The highest BCUT2D eigenvalue weighted by molar-refractivity contribution is 7.80. The summed E-state index contributed by atoms with van der Waals surface area (Å²) in [6, 6.07) is 2.35. The number of amidine groups is 1. The number of nitrogens with one attached hydrogen (secondary N) is 2. The van der Waals surface area contributed by atoms with Gasteiger partial charge in [-0.15, -0.1) is 15.6 Å². The number of carbonyl (C=O) groups is 3. The number of phenols is 1. The van der Waals surface area contributed by atoms with E-state index in [0.717, 1.165) is 17.4 Å². The molecule has 9 N–H and O–H groups in total. The summed E-state index contributed by atoms with van der Waals surface area (Å²) in [7, 11) is -5.03. The summed E-state index contributed by atoms with van der Waals surface area (Å²) in [5.74, 6) is -4.41. The Balaban J connectivity index is 1.78. The van der Waals surface area contributed by atoms with Crippen LogP contribution in [-0.2, 0) is 33.9 Å². The molecule has 1 aliphatic heterocycles. The van der Waals surface area contributed by atoms with Crippen molar-refractivity contribution in [1.29, 1.82) is 5.41 Å². The normalized spacial score (nSPS) is 17.5. The maximum Gasteiger partial charge on any atom is 0.418 e. The van der Waals surface area contributed by atoms with E-state index in [1.807, 2.05) is 0 Å². The van der Waals surface area contributed by atoms with Gasteiger partial charge in [0.2, 0.25) is 0 Å². The predicted octanol–water partition coefficient (Wildman–Crippen LogP) is -1.19. The van der Waals surface area contributed by atoms with Crippen LogP contribution in [0.5, 0.6) is 11.5 Å². The summed E-state index contributed by atoms with van der Waals surface area (Å²) in [6.45, 7) is 2.01. The van der Waals surface area contributed by atoms with E-state index in [-0.39, 0.29) is 27.9 Å². The number of aromatic nitrogens is 1. The quantitative estimate of drug-likeness (QED) is 0.0495. The molecular formula is C20H23N7O11S2. The minimum absolute atomic E-state index is 0.00830. The Labute approximate surface area is 229 Å². The van der Waals surface area contributed by atoms with Gasteiger partial charge in [0, 0.05) is 11.4 Å². The number of nitrogens with two attached hydrogens (primary N) is 2. The van der Waals surface area contributed by atoms with Gasteiger partial charge in [-0.25, -0.2) is 9.78 Å². The second kappa shape index (κ2) is 11.3. The average Bonchev–Trinajstić information content (AvgIpc) is 3.27. The number of hydrogen-bond acceptors (Lipinski definition) is 14. The summed E-state index contributed by atoms with van der Waals surface area (Å²) < 4.78 is 40.4. The Kier molecular flexibility index (Phi) is 8.48. The number of ether oxygens (including phenoxy) is 1. The molecule has 0 radical (unpaired) electrons. The summed E-state index contributed by atoms with van der Waals surface area (Å²) in [4.78, 5) is 46.1. The topological polar surface area (TPSA) is 290 Å². The van der Waals surface area contributed by atoms with E-state index in [9.17, 15) is 33.0 Å². The Hall–Kier alpha value is -4.53. The second-order valence-electron chi connectivity index (χ2n) is 8.54. The van der Waals surface area contributed by atoms with Crippen LogP contribution in [-0.4, -0.2) is 86.9 Å². The fourth-order valence-electron chi connectivity index (χ4n) is 3.28. The maximum atomic E-state index is 13.1. The van der Waals surface area contributed by atoms with E-state index in [1.54, 1.807) is 0 Å². The van der Waals surface area contributed by atoms with Gasteiger partial charge in [-0.05, 0) is 26.0 Å². The third-order valence-electron chi connectivity index (χ3n) is 5.31. The molecule has 0 aliphatic carbocycles. The van der Waals surface area contributed by atoms with Crippen LogP contribution in [0.2, 0.25) is 0 Å². The molecule has 3 rings (SSSR count). The van der Waals surface area contributed by atoms with Gasteiger partial charge in [-0.2, -0.15) is 13.5 Å². The average molecular weight is 602 g/mol. The van der Waals surface area contributed by atoms with Gasteiger partial charge in [0.1, 0.15) is 35.7 Å². The van der Waals surface area contributed by atoms with Crippen molar-refractivity contribution >= 4 is 56.2 Å². The zero-order valence-electron chi connectivity index (χ0n) is 20.6. The molecule has 1 aliphatic rings. The van der Waals surface area contributed by atoms with E-state index >= 15 is 0 Å². The molecule has 2 amide bonds. The number of thiazole rings is 1. The monoisotopic (exact) mass is 601 g/mol. The molecule has 2 aromatic rings. The first-order valence-electron chi connectivity index (χ1n) is 10.8. The van der Waals surface area contributed by atoms with E-state index in [4.69, 9.17) is 31.0 Å². The first-order chi connectivity index (χ1) is 18.5. The fraction of sp³-hybridized carbons (Fsp3) is 0.300. The standard InChI is InChI=1S/C20H23N7O11S2/c1-20(2)14(17(30)27(20)38-40(33,34)35)25-16(29)13(10-7-39-19(23)24-10)26-37-12(18(31)32)6-36-8-3-4-9(15(21)22)11(28)5-8/h3-5,7,12,14,28H,6H2,1-2H3,(H3,21,22)(H2,23,24)(H,25,29)(H,31,32)(H,33,34,35)/b26-13-/t12-,14-/m1/s1. The van der Waals surface area contributed by atoms with Gasteiger partial charge in [0.25, 0.3) is 17.9 Å². The Morgan fingerprint density at radius 2 is 2.05 bits per heavy atom. The van der Waals surface area contributed by atoms with Gasteiger partial charge in [0.05, 0.1) is 11.1 Å². The lowest BCUT2D eigenvalue weighted by atomic mass is 9.84. The highest BCUT2D eigenvalue weighted by atomic mass is 32.3. The van der Waals surface area contributed by atoms with E-state index in [0.29, 0.717) is 5.06 Å². The molecule has 20 heteroatoms. The highest BCUT2D eigenvalue weighted by Crippen LogP contribution is 2.33. The number of hydroxylamine groups is 2. The van der Waals surface area contributed by atoms with Gasteiger partial charge < -0.3 is 36.6 Å². The van der Waals surface area contributed by atoms with Crippen LogP contribution in [0.25, 0.3) is 0 Å². The first kappa shape index (κ1) is 30.0. The van der Waals surface area contributed by atoms with Crippen LogP contribution in [0.15, 0.2) is 28.7 Å². The molecule has 18 nitrogen and oxygen atoms in total. The van der Waals surface area contributed by atoms with Crippen molar-refractivity contribution in [3.63, 3.8) is 0 Å². The summed E-state index contributed by atoms with van der Waals surface area (Å²) >= 11 is 0.920. The molecule has 0 spiro atoms. The van der Waals surface area contributed by atoms with Gasteiger partial charge in [0.15, 0.2) is 10.8 Å². The molecule has 40 heavy (non-hydrogen) atoms. The molecule has 0 saturated carbocycles. The minimum Gasteiger partial charge on any atom is -0.507 e. The van der Waals surface area contributed by atoms with Crippen LogP contribution in [0, 0.1) is 5.41 Å². The number of carbonyl (C=O) groups excluding carboxylic acids is 2. The molecule has 1 fully saturated rings. The lowest BCUT2D eigenvalue weighted by molar-refractivity contribution is -0.218. The molecule has 2 heterocycles. The van der Waals surface area contributed by atoms with Gasteiger partial charge >= 0.3 is 16.4 Å². The molecule has 0 unspecified atom stereocenters. The molecular weight excluding hydrogens is 578 g/mol. The summed E-state index contributed by atoms with van der Waals surface area (Å²) in [6.07, 6.45) is -1.78. The number of nitrogens with zero attached hydrogens (tertiary/aromatic N) is 3. The molecule has 2 atom stereocenters. The molecule has 1 saturated heterocycles. The van der Waals surface area contributed by atoms with Crippen molar-refractivity contribution in [2.45, 2.75) is 31.5 Å². The molecule has 1 aromatic carbocycles. The second-order valence-corrected chi connectivity index (χ2v) is 10.4. The molecule has 1 aromatic heterocycles. The van der Waals surface area contributed by atoms with Crippen molar-refractivity contribution in [3.05, 3.63) is 34.8 Å². The minimum atomic E-state index is -5.03. The highest BCUT2D eigenvalue weighted by Gasteiger charge is 2.58. The van der Waals surface area contributed by atoms with Crippen molar-refractivity contribution < 1.29 is 51.4 Å². The van der Waals surface area contributed by atoms with Crippen molar-refractivity contribution in [2.24, 2.45) is 10.9 Å². The Morgan fingerprint density at radius 1 is 1.38 bits per heavy atom. The zero-order valence-corrected chi connectivity index (χ0v) is 22.2. The van der Waals surface area contributed by atoms with Crippen LogP contribution in [0.3, 0.4) is 0 Å². The number of nitrogen functional groups attached to an aromatic ring is 2. The third-order valence-corrected chi connectivity index (χ3v) is 6.32. The molecule has 0 bridgehead atoms. The lowest BCUT2D eigenvalue weighted by Gasteiger charge is -2.50. The van der Waals surface area contributed by atoms with Crippen LogP contribution in [0.1, 0.15) is 25.1 Å². The summed E-state index contributed by atoms with van der Waals surface area (Å²) in [5, 5.41) is 34.4. The van der Waals surface area contributed by atoms with Crippen molar-refractivity contribution in [2.75, 3.05) is 12.3 Å². The number of hydrogen-bond donors (Lipinski definition) is 7. The van der Waals surface area contributed by atoms with Crippen molar-refractivity contribution in [1.82, 2.24) is 15.4 Å². The van der Waals surface area contributed by atoms with Crippen LogP contribution in [0.4, 0.5) is 5.13 Å². The number of phenolic OH excluding ortho intramolecular Hbond substituents is 1. The number of rotatable bonds is 12. The SMILES string of the molecule is CC1(C)[C@H](NC(=O)/C(=N\O[C@H](COc2ccc(C(=N)N)c(O)c2)C(=O)O)c2csc(N)n2)C(=O)N1OS(=O)(=O)O. The predicted molar refractivity (Wildman–Crippen MR) is 136 cm³/mol. The zero-order chi connectivity index (χ0) is 30.0. The first-order valence-corrected chi connectivity index (χ1v) is 13.1. The van der Waals surface area contributed by atoms with E-state index in [2.05, 4.69) is 19.7 Å². The van der Waals surface area contributed by atoms with E-state index < -0.39 is 64.0 Å². The summed E-state index contributed by atoms with van der Waals surface area (Å²) in [5.41, 5.74) is 8.81. The number of amides is 2. The number of carboxylic acids is 1. The van der Waals surface area contributed by atoms with Gasteiger partial charge in [-0.1, -0.05) is 5.16 Å². The largest absolute Gasteiger partial charge is 0.507 e. The number of carboxylic acid groups (broad SMARTS) is 1.